The summed E-state index contributed by atoms with van der Waals surface area (Å²) in [6, 6.07) is 0. The Bertz CT molecular complexity index is 307. The van der Waals surface area contributed by atoms with E-state index in [0.29, 0.717) is 16.9 Å². The highest BCUT2D eigenvalue weighted by atomic mass is 35.5. The number of hydrogen-bond acceptors (Lipinski definition) is 5. The number of aromatic nitrogens is 2. The van der Waals surface area contributed by atoms with Crippen LogP contribution < -0.4 is 5.32 Å². The van der Waals surface area contributed by atoms with Gasteiger partial charge in [0.2, 0.25) is 0 Å². The van der Waals surface area contributed by atoms with Gasteiger partial charge in [0, 0.05) is 12.5 Å². The summed E-state index contributed by atoms with van der Waals surface area (Å²) in [5.74, 6) is 0.962. The summed E-state index contributed by atoms with van der Waals surface area (Å²) in [5, 5.41) is 13.1. The van der Waals surface area contributed by atoms with Gasteiger partial charge in [-0.1, -0.05) is 18.0 Å². The highest BCUT2D eigenvalue weighted by Crippen LogP contribution is 2.26. The van der Waals surface area contributed by atoms with Crippen molar-refractivity contribution in [3.8, 4) is 0 Å². The molecule has 0 bridgehead atoms. The molecule has 14 heavy (non-hydrogen) atoms. The zero-order chi connectivity index (χ0) is 9.97. The molecule has 78 valence electrons. The molecular formula is C8H12ClN3OS. The number of nitrogens with zero attached hydrogens (tertiary/aromatic N) is 2. The molecule has 2 rings (SSSR count). The fourth-order valence-electron chi connectivity index (χ4n) is 1.77. The monoisotopic (exact) mass is 233 g/mol. The normalized spacial score (nSPS) is 26.7. The Morgan fingerprint density at radius 3 is 2.93 bits per heavy atom. The summed E-state index contributed by atoms with van der Waals surface area (Å²) in [6.45, 7) is 0.728. The average Bonchev–Trinajstić information content (AvgIpc) is 2.72. The van der Waals surface area contributed by atoms with Gasteiger partial charge in [0.1, 0.15) is 0 Å². The summed E-state index contributed by atoms with van der Waals surface area (Å²) < 4.78 is 7.86. The molecule has 0 aromatic carbocycles. The molecule has 1 fully saturated rings. The Morgan fingerprint density at radius 2 is 2.36 bits per heavy atom. The molecule has 2 unspecified atom stereocenters. The van der Waals surface area contributed by atoms with Crippen molar-refractivity contribution >= 4 is 29.1 Å². The summed E-state index contributed by atoms with van der Waals surface area (Å²) in [7, 11) is 0. The highest BCUT2D eigenvalue weighted by molar-refractivity contribution is 6.99. The maximum atomic E-state index is 9.58. The van der Waals surface area contributed by atoms with Crippen LogP contribution in [0.3, 0.4) is 0 Å². The predicted octanol–water partition coefficient (Wildman–Crippen LogP) is 1.76. The van der Waals surface area contributed by atoms with E-state index in [1.165, 1.54) is 0 Å². The van der Waals surface area contributed by atoms with Gasteiger partial charge in [-0.15, -0.1) is 0 Å². The molecule has 0 saturated heterocycles. The summed E-state index contributed by atoms with van der Waals surface area (Å²) in [4.78, 5) is 0. The second-order valence-corrected chi connectivity index (χ2v) is 4.43. The maximum Gasteiger partial charge on any atom is 0.186 e. The van der Waals surface area contributed by atoms with Gasteiger partial charge in [-0.05, 0) is 12.8 Å². The van der Waals surface area contributed by atoms with Crippen molar-refractivity contribution in [2.45, 2.75) is 25.4 Å². The molecule has 2 N–H and O–H groups in total. The molecule has 1 aliphatic carbocycles. The van der Waals surface area contributed by atoms with Crippen molar-refractivity contribution in [3.63, 3.8) is 0 Å². The summed E-state index contributed by atoms with van der Waals surface area (Å²) in [5.41, 5.74) is 0. The van der Waals surface area contributed by atoms with Gasteiger partial charge in [-0.2, -0.15) is 8.75 Å². The summed E-state index contributed by atoms with van der Waals surface area (Å²) in [6.07, 6.45) is 2.92. The van der Waals surface area contributed by atoms with Gasteiger partial charge < -0.3 is 10.4 Å². The average molecular weight is 234 g/mol. The van der Waals surface area contributed by atoms with Crippen LogP contribution in [0, 0.1) is 5.92 Å². The molecule has 6 heteroatoms. The van der Waals surface area contributed by atoms with Crippen LogP contribution in [-0.4, -0.2) is 26.5 Å². The number of anilines is 1. The standard InChI is InChI=1S/C8H12ClN3OS/c9-7-8(12-14-11-7)10-4-5-2-1-3-6(5)13/h5-6,13H,1-4H2,(H,10,12). The first-order valence-electron chi connectivity index (χ1n) is 4.67. The molecule has 1 aromatic heterocycles. The van der Waals surface area contributed by atoms with E-state index in [2.05, 4.69) is 14.1 Å². The van der Waals surface area contributed by atoms with Gasteiger partial charge in [0.15, 0.2) is 11.0 Å². The molecule has 1 aromatic rings. The second kappa shape index (κ2) is 4.42. The van der Waals surface area contributed by atoms with Crippen LogP contribution in [0.5, 0.6) is 0 Å². The molecule has 1 heterocycles. The number of aliphatic hydroxyl groups excluding tert-OH is 1. The zero-order valence-electron chi connectivity index (χ0n) is 7.61. The lowest BCUT2D eigenvalue weighted by atomic mass is 10.1. The molecular weight excluding hydrogens is 222 g/mol. The molecule has 0 spiro atoms. The van der Waals surface area contributed by atoms with Gasteiger partial charge in [-0.25, -0.2) is 0 Å². The van der Waals surface area contributed by atoms with Crippen molar-refractivity contribution in [1.82, 2.24) is 8.75 Å². The molecule has 1 saturated carbocycles. The smallest absolute Gasteiger partial charge is 0.186 e. The third kappa shape index (κ3) is 2.16. The van der Waals surface area contributed by atoms with Crippen LogP contribution in [0.1, 0.15) is 19.3 Å². The lowest BCUT2D eigenvalue weighted by Gasteiger charge is -2.14. The van der Waals surface area contributed by atoms with Gasteiger partial charge in [-0.3, -0.25) is 0 Å². The number of rotatable bonds is 3. The Labute approximate surface area is 91.6 Å². The number of hydrogen-bond donors (Lipinski definition) is 2. The minimum absolute atomic E-state index is 0.173. The molecule has 0 radical (unpaired) electrons. The largest absolute Gasteiger partial charge is 0.393 e. The minimum atomic E-state index is -0.173. The van der Waals surface area contributed by atoms with Crippen molar-refractivity contribution in [3.05, 3.63) is 5.15 Å². The first kappa shape index (κ1) is 10.1. The predicted molar refractivity (Wildman–Crippen MR) is 56.8 cm³/mol. The minimum Gasteiger partial charge on any atom is -0.393 e. The Kier molecular flexibility index (Phi) is 3.20. The van der Waals surface area contributed by atoms with E-state index < -0.39 is 0 Å². The van der Waals surface area contributed by atoms with Crippen molar-refractivity contribution in [1.29, 1.82) is 0 Å². The van der Waals surface area contributed by atoms with Gasteiger partial charge in [0.05, 0.1) is 17.8 Å². The molecule has 1 aliphatic rings. The van der Waals surface area contributed by atoms with E-state index in [-0.39, 0.29) is 6.10 Å². The topological polar surface area (TPSA) is 58.0 Å². The first-order chi connectivity index (χ1) is 6.77. The van der Waals surface area contributed by atoms with E-state index in [1.807, 2.05) is 0 Å². The lowest BCUT2D eigenvalue weighted by molar-refractivity contribution is 0.138. The van der Waals surface area contributed by atoms with Gasteiger partial charge >= 0.3 is 0 Å². The quantitative estimate of drug-likeness (QED) is 0.836. The molecule has 2 atom stereocenters. The first-order valence-corrected chi connectivity index (χ1v) is 5.78. The Morgan fingerprint density at radius 1 is 1.50 bits per heavy atom. The second-order valence-electron chi connectivity index (χ2n) is 3.54. The maximum absolute atomic E-state index is 9.58. The lowest BCUT2D eigenvalue weighted by Crippen LogP contribution is -2.22. The third-order valence-electron chi connectivity index (χ3n) is 2.60. The zero-order valence-corrected chi connectivity index (χ0v) is 9.18. The van der Waals surface area contributed by atoms with E-state index in [1.54, 1.807) is 0 Å². The molecule has 0 amide bonds. The number of nitrogens with one attached hydrogen (secondary N) is 1. The Hall–Kier alpha value is -0.390. The molecule has 4 nitrogen and oxygen atoms in total. The number of halogens is 1. The van der Waals surface area contributed by atoms with Crippen LogP contribution in [0.25, 0.3) is 0 Å². The van der Waals surface area contributed by atoms with Crippen molar-refractivity contribution in [2.24, 2.45) is 5.92 Å². The summed E-state index contributed by atoms with van der Waals surface area (Å²) >= 11 is 6.87. The van der Waals surface area contributed by atoms with Crippen LogP contribution in [0.4, 0.5) is 5.82 Å². The third-order valence-corrected chi connectivity index (χ3v) is 3.49. The van der Waals surface area contributed by atoms with Crippen molar-refractivity contribution < 1.29 is 5.11 Å². The van der Waals surface area contributed by atoms with E-state index >= 15 is 0 Å². The Balaban J connectivity index is 1.85. The highest BCUT2D eigenvalue weighted by Gasteiger charge is 2.25. The fourth-order valence-corrected chi connectivity index (χ4v) is 2.45. The van der Waals surface area contributed by atoms with E-state index in [0.717, 1.165) is 37.5 Å². The fraction of sp³-hybridized carbons (Fsp3) is 0.750. The van der Waals surface area contributed by atoms with E-state index in [9.17, 15) is 5.11 Å². The van der Waals surface area contributed by atoms with Crippen LogP contribution in [0.15, 0.2) is 0 Å². The number of aliphatic hydroxyl groups is 1. The van der Waals surface area contributed by atoms with Crippen LogP contribution >= 0.6 is 23.3 Å². The van der Waals surface area contributed by atoms with Crippen molar-refractivity contribution in [2.75, 3.05) is 11.9 Å². The van der Waals surface area contributed by atoms with Gasteiger partial charge in [0.25, 0.3) is 0 Å². The molecule has 0 aliphatic heterocycles. The SMILES string of the molecule is OC1CCCC1CNc1nsnc1Cl. The van der Waals surface area contributed by atoms with E-state index in [4.69, 9.17) is 11.6 Å². The van der Waals surface area contributed by atoms with Crippen LogP contribution in [0.2, 0.25) is 5.15 Å². The van der Waals surface area contributed by atoms with Crippen LogP contribution in [-0.2, 0) is 0 Å².